The molecule has 0 aromatic carbocycles. The second kappa shape index (κ2) is 1.86. The summed E-state index contributed by atoms with van der Waals surface area (Å²) in [7, 11) is 1.79. The topological polar surface area (TPSA) is 38.1 Å². The van der Waals surface area contributed by atoms with Crippen LogP contribution in [0.1, 0.15) is 5.69 Å². The molecule has 0 aliphatic heterocycles. The van der Waals surface area contributed by atoms with Crippen LogP contribution in [-0.2, 0) is 0 Å². The molecule has 0 radical (unpaired) electrons. The maximum Gasteiger partial charge on any atom is 0.224 e. The highest BCUT2D eigenvalue weighted by Gasteiger charge is 1.92. The van der Waals surface area contributed by atoms with Crippen LogP contribution < -0.4 is 5.32 Å². The Balaban J connectivity index is 2.84. The number of nitrogens with one attached hydrogen (secondary N) is 1. The quantitative estimate of drug-likeness (QED) is 0.589. The molecule has 0 aliphatic rings. The summed E-state index contributed by atoms with van der Waals surface area (Å²) in [6.45, 7) is 1.88. The smallest absolute Gasteiger partial charge is 0.224 e. The highest BCUT2D eigenvalue weighted by molar-refractivity contribution is 5.29. The van der Waals surface area contributed by atoms with Gasteiger partial charge in [-0.15, -0.1) is 0 Å². The standard InChI is InChI=1S/C5H8N2O/c1-4-3-5(6-2)8-7-4/h3,6H,1-2H3. The van der Waals surface area contributed by atoms with Crippen LogP contribution in [0.5, 0.6) is 0 Å². The van der Waals surface area contributed by atoms with Gasteiger partial charge in [0.2, 0.25) is 5.88 Å². The van der Waals surface area contributed by atoms with Crippen molar-refractivity contribution in [1.29, 1.82) is 0 Å². The first-order valence-electron chi connectivity index (χ1n) is 2.44. The van der Waals surface area contributed by atoms with Crippen LogP contribution in [0.3, 0.4) is 0 Å². The molecule has 0 atom stereocenters. The highest BCUT2D eigenvalue weighted by atomic mass is 16.5. The summed E-state index contributed by atoms with van der Waals surface area (Å²) in [5, 5.41) is 6.47. The Morgan fingerprint density at radius 3 is 2.75 bits per heavy atom. The second-order valence-corrected chi connectivity index (χ2v) is 1.58. The van der Waals surface area contributed by atoms with Gasteiger partial charge in [0, 0.05) is 13.1 Å². The zero-order chi connectivity index (χ0) is 5.98. The fourth-order valence-electron chi connectivity index (χ4n) is 0.481. The Labute approximate surface area is 47.7 Å². The van der Waals surface area contributed by atoms with E-state index in [0.717, 1.165) is 5.69 Å². The van der Waals surface area contributed by atoms with Crippen molar-refractivity contribution in [3.05, 3.63) is 11.8 Å². The molecule has 0 saturated carbocycles. The lowest BCUT2D eigenvalue weighted by molar-refractivity contribution is 0.429. The van der Waals surface area contributed by atoms with E-state index in [2.05, 4.69) is 10.5 Å². The van der Waals surface area contributed by atoms with Crippen molar-refractivity contribution in [3.63, 3.8) is 0 Å². The van der Waals surface area contributed by atoms with Crippen LogP contribution in [0.25, 0.3) is 0 Å². The molecule has 1 N–H and O–H groups in total. The molecular weight excluding hydrogens is 104 g/mol. The van der Waals surface area contributed by atoms with Gasteiger partial charge in [-0.1, -0.05) is 5.16 Å². The molecule has 3 heteroatoms. The average molecular weight is 112 g/mol. The Morgan fingerprint density at radius 1 is 1.75 bits per heavy atom. The van der Waals surface area contributed by atoms with Crippen LogP contribution in [0, 0.1) is 6.92 Å². The number of nitrogens with zero attached hydrogens (tertiary/aromatic N) is 1. The molecule has 0 amide bonds. The van der Waals surface area contributed by atoms with Gasteiger partial charge in [0.1, 0.15) is 0 Å². The molecule has 0 spiro atoms. The summed E-state index contributed by atoms with van der Waals surface area (Å²) in [6, 6.07) is 1.83. The van der Waals surface area contributed by atoms with Crippen LogP contribution in [0.15, 0.2) is 10.6 Å². The van der Waals surface area contributed by atoms with Gasteiger partial charge in [-0.05, 0) is 6.92 Å². The Morgan fingerprint density at radius 2 is 2.50 bits per heavy atom. The predicted molar refractivity (Wildman–Crippen MR) is 30.8 cm³/mol. The molecule has 8 heavy (non-hydrogen) atoms. The highest BCUT2D eigenvalue weighted by Crippen LogP contribution is 2.05. The Bertz CT molecular complexity index is 171. The minimum Gasteiger partial charge on any atom is -0.357 e. The van der Waals surface area contributed by atoms with E-state index in [1.165, 1.54) is 0 Å². The fraction of sp³-hybridized carbons (Fsp3) is 0.400. The van der Waals surface area contributed by atoms with E-state index in [1.807, 2.05) is 13.0 Å². The van der Waals surface area contributed by atoms with Crippen molar-refractivity contribution < 1.29 is 4.52 Å². The van der Waals surface area contributed by atoms with E-state index in [9.17, 15) is 0 Å². The number of rotatable bonds is 1. The van der Waals surface area contributed by atoms with E-state index < -0.39 is 0 Å². The maximum atomic E-state index is 4.75. The monoisotopic (exact) mass is 112 g/mol. The third-order valence-electron chi connectivity index (χ3n) is 0.874. The lowest BCUT2D eigenvalue weighted by Gasteiger charge is -1.83. The van der Waals surface area contributed by atoms with E-state index in [-0.39, 0.29) is 0 Å². The summed E-state index contributed by atoms with van der Waals surface area (Å²) in [6.07, 6.45) is 0. The first kappa shape index (κ1) is 5.15. The summed E-state index contributed by atoms with van der Waals surface area (Å²) in [5.74, 6) is 0.711. The van der Waals surface area contributed by atoms with Gasteiger partial charge in [0.25, 0.3) is 0 Å². The lowest BCUT2D eigenvalue weighted by atomic mass is 10.5. The van der Waals surface area contributed by atoms with Gasteiger partial charge in [0.15, 0.2) is 0 Å². The minimum absolute atomic E-state index is 0.711. The summed E-state index contributed by atoms with van der Waals surface area (Å²) < 4.78 is 4.75. The third kappa shape index (κ3) is 0.804. The van der Waals surface area contributed by atoms with Gasteiger partial charge in [-0.2, -0.15) is 0 Å². The van der Waals surface area contributed by atoms with Crippen LogP contribution in [-0.4, -0.2) is 12.2 Å². The van der Waals surface area contributed by atoms with Gasteiger partial charge < -0.3 is 9.84 Å². The Hall–Kier alpha value is -0.990. The molecule has 0 saturated heterocycles. The Kier molecular flexibility index (Phi) is 1.20. The molecule has 0 unspecified atom stereocenters. The van der Waals surface area contributed by atoms with Crippen molar-refractivity contribution in [2.45, 2.75) is 6.92 Å². The largest absolute Gasteiger partial charge is 0.357 e. The second-order valence-electron chi connectivity index (χ2n) is 1.58. The van der Waals surface area contributed by atoms with Crippen molar-refractivity contribution >= 4 is 5.88 Å². The van der Waals surface area contributed by atoms with Crippen LogP contribution >= 0.6 is 0 Å². The number of anilines is 1. The molecule has 0 bridgehead atoms. The molecular formula is C5H8N2O. The van der Waals surface area contributed by atoms with Crippen molar-refractivity contribution in [3.8, 4) is 0 Å². The summed E-state index contributed by atoms with van der Waals surface area (Å²) in [5.41, 5.74) is 0.898. The maximum absolute atomic E-state index is 4.75. The first-order valence-corrected chi connectivity index (χ1v) is 2.44. The van der Waals surface area contributed by atoms with E-state index >= 15 is 0 Å². The third-order valence-corrected chi connectivity index (χ3v) is 0.874. The SMILES string of the molecule is CNc1cc(C)no1. The number of aryl methyl sites for hydroxylation is 1. The zero-order valence-corrected chi connectivity index (χ0v) is 4.93. The molecule has 3 nitrogen and oxygen atoms in total. The van der Waals surface area contributed by atoms with Gasteiger partial charge in [0.05, 0.1) is 5.69 Å². The summed E-state index contributed by atoms with van der Waals surface area (Å²) >= 11 is 0. The van der Waals surface area contributed by atoms with Crippen molar-refractivity contribution in [2.75, 3.05) is 12.4 Å². The molecule has 1 heterocycles. The number of aromatic nitrogens is 1. The lowest BCUT2D eigenvalue weighted by Crippen LogP contribution is -1.81. The zero-order valence-electron chi connectivity index (χ0n) is 4.93. The molecule has 1 rings (SSSR count). The normalized spacial score (nSPS) is 9.25. The van der Waals surface area contributed by atoms with E-state index in [4.69, 9.17) is 4.52 Å². The first-order chi connectivity index (χ1) is 3.83. The molecule has 44 valence electrons. The molecule has 0 aliphatic carbocycles. The van der Waals surface area contributed by atoms with Crippen molar-refractivity contribution in [2.24, 2.45) is 0 Å². The van der Waals surface area contributed by atoms with Crippen LogP contribution in [0.4, 0.5) is 5.88 Å². The molecule has 1 aromatic rings. The minimum atomic E-state index is 0.711. The molecule has 1 aromatic heterocycles. The average Bonchev–Trinajstić information content (AvgIpc) is 2.14. The van der Waals surface area contributed by atoms with Gasteiger partial charge >= 0.3 is 0 Å². The summed E-state index contributed by atoms with van der Waals surface area (Å²) in [4.78, 5) is 0. The fourth-order valence-corrected chi connectivity index (χ4v) is 0.481. The van der Waals surface area contributed by atoms with Crippen molar-refractivity contribution in [1.82, 2.24) is 5.16 Å². The number of hydrogen-bond acceptors (Lipinski definition) is 3. The van der Waals surface area contributed by atoms with Gasteiger partial charge in [-0.3, -0.25) is 0 Å². The molecule has 0 fully saturated rings. The van der Waals surface area contributed by atoms with Crippen LogP contribution in [0.2, 0.25) is 0 Å². The van der Waals surface area contributed by atoms with E-state index in [1.54, 1.807) is 7.05 Å². The van der Waals surface area contributed by atoms with E-state index in [0.29, 0.717) is 5.88 Å². The number of hydrogen-bond donors (Lipinski definition) is 1. The van der Waals surface area contributed by atoms with Gasteiger partial charge in [-0.25, -0.2) is 0 Å². The predicted octanol–water partition coefficient (Wildman–Crippen LogP) is 1.02.